The van der Waals surface area contributed by atoms with E-state index in [1.165, 1.54) is 23.5 Å². The summed E-state index contributed by atoms with van der Waals surface area (Å²) in [6.07, 6.45) is 1.59. The second kappa shape index (κ2) is 5.54. The van der Waals surface area contributed by atoms with Gasteiger partial charge in [0.25, 0.3) is 5.56 Å². The van der Waals surface area contributed by atoms with E-state index in [2.05, 4.69) is 9.97 Å². The zero-order valence-corrected chi connectivity index (χ0v) is 13.7. The molecule has 7 heteroatoms. The van der Waals surface area contributed by atoms with Gasteiger partial charge in [0.05, 0.1) is 22.2 Å². The highest BCUT2D eigenvalue weighted by atomic mass is 32.1. The zero-order valence-electron chi connectivity index (χ0n) is 12.8. The Morgan fingerprint density at radius 1 is 1.29 bits per heavy atom. The Morgan fingerprint density at radius 2 is 2.12 bits per heavy atom. The summed E-state index contributed by atoms with van der Waals surface area (Å²) in [5.74, 6) is -0.390. The van der Waals surface area contributed by atoms with E-state index in [0.717, 1.165) is 26.1 Å². The molecule has 2 heterocycles. The molecule has 5 nitrogen and oxygen atoms in total. The number of aliphatic hydroxyl groups excluding tert-OH is 1. The van der Waals surface area contributed by atoms with Crippen LogP contribution in [0.25, 0.3) is 31.8 Å². The van der Waals surface area contributed by atoms with E-state index in [1.54, 1.807) is 12.3 Å². The highest BCUT2D eigenvalue weighted by Crippen LogP contribution is 2.39. The average Bonchev–Trinajstić information content (AvgIpc) is 3.00. The van der Waals surface area contributed by atoms with Gasteiger partial charge in [-0.1, -0.05) is 11.3 Å². The first-order valence-electron chi connectivity index (χ1n) is 7.45. The van der Waals surface area contributed by atoms with Gasteiger partial charge >= 0.3 is 0 Å². The highest BCUT2D eigenvalue weighted by Gasteiger charge is 2.17. The van der Waals surface area contributed by atoms with Gasteiger partial charge in [-0.3, -0.25) is 4.79 Å². The van der Waals surface area contributed by atoms with Crippen LogP contribution in [0.15, 0.2) is 35.3 Å². The first-order chi connectivity index (χ1) is 11.6. The third-order valence-electron chi connectivity index (χ3n) is 4.09. The Kier molecular flexibility index (Phi) is 3.47. The molecule has 0 unspecified atom stereocenters. The van der Waals surface area contributed by atoms with Gasteiger partial charge in [0, 0.05) is 35.9 Å². The Balaban J connectivity index is 2.20. The summed E-state index contributed by atoms with van der Waals surface area (Å²) in [5, 5.41) is 12.4. The number of nitrogens with one attached hydrogen (secondary N) is 1. The summed E-state index contributed by atoms with van der Waals surface area (Å²) >= 11 is 1.46. The summed E-state index contributed by atoms with van der Waals surface area (Å²) in [6.45, 7) is 0.490. The molecule has 0 spiro atoms. The molecule has 0 fully saturated rings. The van der Waals surface area contributed by atoms with Crippen molar-refractivity contribution in [2.45, 2.75) is 0 Å². The number of aromatic amines is 1. The molecule has 4 aromatic rings. The van der Waals surface area contributed by atoms with Gasteiger partial charge in [0.1, 0.15) is 5.82 Å². The Morgan fingerprint density at radius 3 is 2.92 bits per heavy atom. The number of hydrogen-bond donors (Lipinski definition) is 2. The third-order valence-corrected chi connectivity index (χ3v) is 5.29. The molecule has 0 saturated heterocycles. The van der Waals surface area contributed by atoms with E-state index in [1.807, 2.05) is 18.0 Å². The third kappa shape index (κ3) is 2.16. The van der Waals surface area contributed by atoms with Crippen molar-refractivity contribution < 1.29 is 9.50 Å². The van der Waals surface area contributed by atoms with E-state index in [9.17, 15) is 9.18 Å². The monoisotopic (exact) mass is 343 g/mol. The standard InChI is InChI=1S/C17H14FN3O2S/c1-21(6-7-22)17-20-14-10-3-2-9(18)8-12(10)13-11(15(14)24-17)4-5-19-16(13)23/h2-5,8,22H,6-7H2,1H3,(H,19,23). The van der Waals surface area contributed by atoms with Crippen molar-refractivity contribution in [3.05, 3.63) is 46.6 Å². The van der Waals surface area contributed by atoms with Crippen molar-refractivity contribution in [2.24, 2.45) is 0 Å². The molecule has 0 amide bonds. The number of likely N-dealkylation sites (N-methyl/N-ethyl adjacent to an activating group) is 1. The van der Waals surface area contributed by atoms with Gasteiger partial charge < -0.3 is 15.0 Å². The SMILES string of the molecule is CN(CCO)c1nc2c3ccc(F)cc3c3c(=O)[nH]ccc3c2s1. The smallest absolute Gasteiger partial charge is 0.256 e. The van der Waals surface area contributed by atoms with Crippen LogP contribution in [0.3, 0.4) is 0 Å². The van der Waals surface area contributed by atoms with Crippen LogP contribution in [0.1, 0.15) is 0 Å². The topological polar surface area (TPSA) is 69.2 Å². The predicted octanol–water partition coefficient (Wildman–Crippen LogP) is 2.86. The van der Waals surface area contributed by atoms with Crippen LogP contribution in [0, 0.1) is 5.82 Å². The maximum Gasteiger partial charge on any atom is 0.256 e. The van der Waals surface area contributed by atoms with Crippen molar-refractivity contribution in [1.29, 1.82) is 0 Å². The molecule has 0 aliphatic carbocycles. The quantitative estimate of drug-likeness (QED) is 0.561. The largest absolute Gasteiger partial charge is 0.395 e. The molecule has 0 aliphatic rings. The Labute approximate surface area is 140 Å². The molecule has 0 radical (unpaired) electrons. The van der Waals surface area contributed by atoms with Gasteiger partial charge in [0.2, 0.25) is 0 Å². The first-order valence-corrected chi connectivity index (χ1v) is 8.27. The average molecular weight is 343 g/mol. The molecule has 0 aliphatic heterocycles. The minimum atomic E-state index is -0.390. The van der Waals surface area contributed by atoms with Crippen LogP contribution in [0.5, 0.6) is 0 Å². The molecule has 0 atom stereocenters. The maximum absolute atomic E-state index is 13.8. The lowest BCUT2D eigenvalue weighted by Crippen LogP contribution is -2.20. The first kappa shape index (κ1) is 15.0. The van der Waals surface area contributed by atoms with Gasteiger partial charge in [-0.2, -0.15) is 0 Å². The number of thiazole rings is 1. The molecule has 0 saturated carbocycles. The lowest BCUT2D eigenvalue weighted by molar-refractivity contribution is 0.304. The van der Waals surface area contributed by atoms with E-state index < -0.39 is 0 Å². The molecular weight excluding hydrogens is 329 g/mol. The maximum atomic E-state index is 13.8. The number of nitrogens with zero attached hydrogens (tertiary/aromatic N) is 2. The molecule has 2 aromatic heterocycles. The number of aliphatic hydroxyl groups is 1. The van der Waals surface area contributed by atoms with Crippen LogP contribution in [0.2, 0.25) is 0 Å². The van der Waals surface area contributed by atoms with E-state index in [-0.39, 0.29) is 18.0 Å². The minimum Gasteiger partial charge on any atom is -0.395 e. The molecule has 24 heavy (non-hydrogen) atoms. The zero-order chi connectivity index (χ0) is 16.8. The number of rotatable bonds is 3. The molecule has 2 aromatic carbocycles. The van der Waals surface area contributed by atoms with Crippen molar-refractivity contribution in [1.82, 2.24) is 9.97 Å². The Bertz CT molecular complexity index is 1140. The molecule has 122 valence electrons. The number of benzene rings is 2. The number of aromatic nitrogens is 2. The number of hydrogen-bond acceptors (Lipinski definition) is 5. The van der Waals surface area contributed by atoms with Crippen molar-refractivity contribution in [2.75, 3.05) is 25.1 Å². The summed E-state index contributed by atoms with van der Waals surface area (Å²) in [4.78, 5) is 21.5. The van der Waals surface area contributed by atoms with Crippen LogP contribution in [-0.4, -0.2) is 35.3 Å². The fraction of sp³-hybridized carbons (Fsp3) is 0.176. The van der Waals surface area contributed by atoms with Gasteiger partial charge in [-0.05, 0) is 24.3 Å². The second-order valence-electron chi connectivity index (χ2n) is 5.60. The number of anilines is 1. The molecule has 2 N–H and O–H groups in total. The summed E-state index contributed by atoms with van der Waals surface area (Å²) in [7, 11) is 1.85. The number of halogens is 1. The Hall–Kier alpha value is -2.51. The summed E-state index contributed by atoms with van der Waals surface area (Å²) < 4.78 is 14.6. The van der Waals surface area contributed by atoms with Crippen LogP contribution in [-0.2, 0) is 0 Å². The van der Waals surface area contributed by atoms with Crippen molar-refractivity contribution in [3.8, 4) is 0 Å². The second-order valence-corrected chi connectivity index (χ2v) is 6.58. The van der Waals surface area contributed by atoms with Crippen LogP contribution in [0.4, 0.5) is 9.52 Å². The van der Waals surface area contributed by atoms with Gasteiger partial charge in [-0.25, -0.2) is 9.37 Å². The molecular formula is C17H14FN3O2S. The van der Waals surface area contributed by atoms with Crippen molar-refractivity contribution >= 4 is 48.2 Å². The molecule has 4 rings (SSSR count). The normalized spacial score (nSPS) is 11.6. The van der Waals surface area contributed by atoms with Crippen LogP contribution < -0.4 is 10.5 Å². The number of fused-ring (bicyclic) bond motifs is 6. The van der Waals surface area contributed by atoms with E-state index in [4.69, 9.17) is 5.11 Å². The number of H-pyrrole nitrogens is 1. The minimum absolute atomic E-state index is 0.0266. The van der Waals surface area contributed by atoms with Crippen LogP contribution >= 0.6 is 11.3 Å². The predicted molar refractivity (Wildman–Crippen MR) is 95.6 cm³/mol. The van der Waals surface area contributed by atoms with Gasteiger partial charge in [0.15, 0.2) is 5.13 Å². The summed E-state index contributed by atoms with van der Waals surface area (Å²) in [5.41, 5.74) is 0.497. The van der Waals surface area contributed by atoms with E-state index in [0.29, 0.717) is 17.3 Å². The van der Waals surface area contributed by atoms with Crippen molar-refractivity contribution in [3.63, 3.8) is 0 Å². The fourth-order valence-electron chi connectivity index (χ4n) is 2.95. The number of pyridine rings is 1. The molecule has 0 bridgehead atoms. The lowest BCUT2D eigenvalue weighted by Gasteiger charge is -2.12. The highest BCUT2D eigenvalue weighted by molar-refractivity contribution is 7.23. The summed E-state index contributed by atoms with van der Waals surface area (Å²) in [6, 6.07) is 6.23. The lowest BCUT2D eigenvalue weighted by atomic mass is 10.0. The fourth-order valence-corrected chi connectivity index (χ4v) is 4.05. The van der Waals surface area contributed by atoms with E-state index >= 15 is 0 Å². The van der Waals surface area contributed by atoms with Gasteiger partial charge in [-0.15, -0.1) is 0 Å².